The molecule has 2 aliphatic rings. The van der Waals surface area contributed by atoms with Gasteiger partial charge in [0.05, 0.1) is 12.6 Å². The van der Waals surface area contributed by atoms with Crippen LogP contribution in [0.1, 0.15) is 26.2 Å². The van der Waals surface area contributed by atoms with E-state index in [0.29, 0.717) is 12.6 Å². The number of carbonyl (C=O) groups is 2. The van der Waals surface area contributed by atoms with Gasteiger partial charge in [-0.05, 0) is 25.8 Å². The van der Waals surface area contributed by atoms with E-state index in [9.17, 15) is 9.59 Å². The first kappa shape index (κ1) is 11.5. The van der Waals surface area contributed by atoms with E-state index >= 15 is 0 Å². The summed E-state index contributed by atoms with van der Waals surface area (Å²) in [5, 5.41) is 5.73. The average molecular weight is 225 g/mol. The molecule has 2 aliphatic heterocycles. The third-order valence-corrected chi connectivity index (χ3v) is 3.42. The largest absolute Gasteiger partial charge is 0.315 e. The van der Waals surface area contributed by atoms with E-state index in [1.54, 1.807) is 0 Å². The summed E-state index contributed by atoms with van der Waals surface area (Å²) in [5.74, 6) is -0.301. The van der Waals surface area contributed by atoms with Crippen molar-refractivity contribution in [3.8, 4) is 0 Å². The Morgan fingerprint density at radius 1 is 1.44 bits per heavy atom. The molecule has 0 bridgehead atoms. The van der Waals surface area contributed by atoms with Crippen molar-refractivity contribution in [2.45, 2.75) is 38.3 Å². The van der Waals surface area contributed by atoms with Gasteiger partial charge in [-0.25, -0.2) is 0 Å². The Morgan fingerprint density at radius 2 is 2.25 bits per heavy atom. The van der Waals surface area contributed by atoms with Crippen molar-refractivity contribution in [2.24, 2.45) is 0 Å². The molecule has 0 aromatic heterocycles. The summed E-state index contributed by atoms with van der Waals surface area (Å²) in [5.41, 5.74) is 0. The lowest BCUT2D eigenvalue weighted by atomic mass is 10.0. The lowest BCUT2D eigenvalue weighted by Crippen LogP contribution is -2.62. The Balaban J connectivity index is 2.08. The molecule has 0 aromatic rings. The summed E-state index contributed by atoms with van der Waals surface area (Å²) in [7, 11) is 0. The van der Waals surface area contributed by atoms with Gasteiger partial charge in [-0.3, -0.25) is 19.8 Å². The summed E-state index contributed by atoms with van der Waals surface area (Å²) in [4.78, 5) is 25.2. The second-order valence-electron chi connectivity index (χ2n) is 4.51. The fourth-order valence-electron chi connectivity index (χ4n) is 2.61. The van der Waals surface area contributed by atoms with Gasteiger partial charge in [-0.2, -0.15) is 0 Å². The molecule has 0 aromatic carbocycles. The maximum Gasteiger partial charge on any atom is 0.243 e. The molecule has 5 heteroatoms. The first-order chi connectivity index (χ1) is 7.72. The molecule has 0 aliphatic carbocycles. The molecule has 2 rings (SSSR count). The van der Waals surface area contributed by atoms with Gasteiger partial charge in [-0.15, -0.1) is 0 Å². The standard InChI is InChI=1S/C11H19N3O2/c1-2-9-11(16)13-10(15)7-14(9)8-4-3-5-12-6-8/h8-9,12H,2-7H2,1H3,(H,13,15,16). The van der Waals surface area contributed by atoms with Crippen LogP contribution in [-0.2, 0) is 9.59 Å². The van der Waals surface area contributed by atoms with Crippen LogP contribution in [0.5, 0.6) is 0 Å². The number of amides is 2. The molecule has 2 amide bonds. The Hall–Kier alpha value is -0.940. The normalized spacial score (nSPS) is 32.6. The lowest BCUT2D eigenvalue weighted by Gasteiger charge is -2.40. The molecular weight excluding hydrogens is 206 g/mol. The molecule has 2 heterocycles. The molecule has 16 heavy (non-hydrogen) atoms. The fraction of sp³-hybridized carbons (Fsp3) is 0.818. The van der Waals surface area contributed by atoms with E-state index in [1.165, 1.54) is 0 Å². The molecule has 0 saturated carbocycles. The SMILES string of the molecule is CCC1C(=O)NC(=O)CN1C1CCCNC1. The minimum Gasteiger partial charge on any atom is -0.315 e. The third kappa shape index (κ3) is 2.25. The van der Waals surface area contributed by atoms with Gasteiger partial charge in [0.25, 0.3) is 0 Å². The van der Waals surface area contributed by atoms with Crippen LogP contribution in [-0.4, -0.2) is 48.4 Å². The van der Waals surface area contributed by atoms with Crippen LogP contribution in [0.3, 0.4) is 0 Å². The summed E-state index contributed by atoms with van der Waals surface area (Å²) < 4.78 is 0. The third-order valence-electron chi connectivity index (χ3n) is 3.42. The highest BCUT2D eigenvalue weighted by Crippen LogP contribution is 2.17. The van der Waals surface area contributed by atoms with Crippen molar-refractivity contribution >= 4 is 11.8 Å². The first-order valence-corrected chi connectivity index (χ1v) is 6.02. The number of piperidine rings is 1. The summed E-state index contributed by atoms with van der Waals surface area (Å²) in [6, 6.07) is 0.191. The average Bonchev–Trinajstić information content (AvgIpc) is 2.29. The maximum atomic E-state index is 11.7. The van der Waals surface area contributed by atoms with E-state index in [1.807, 2.05) is 6.92 Å². The Labute approximate surface area is 95.6 Å². The fourth-order valence-corrected chi connectivity index (χ4v) is 2.61. The van der Waals surface area contributed by atoms with Crippen LogP contribution >= 0.6 is 0 Å². The van der Waals surface area contributed by atoms with Crippen molar-refractivity contribution in [1.29, 1.82) is 0 Å². The predicted molar refractivity (Wildman–Crippen MR) is 59.8 cm³/mol. The van der Waals surface area contributed by atoms with Crippen LogP contribution in [0.25, 0.3) is 0 Å². The molecule has 2 unspecified atom stereocenters. The molecule has 2 saturated heterocycles. The highest BCUT2D eigenvalue weighted by molar-refractivity contribution is 6.01. The minimum atomic E-state index is -0.166. The number of carbonyl (C=O) groups excluding carboxylic acids is 2. The van der Waals surface area contributed by atoms with Crippen LogP contribution in [0, 0.1) is 0 Å². The van der Waals surface area contributed by atoms with Gasteiger partial charge in [0.2, 0.25) is 11.8 Å². The first-order valence-electron chi connectivity index (χ1n) is 6.02. The number of imide groups is 1. The lowest BCUT2D eigenvalue weighted by molar-refractivity contribution is -0.142. The molecule has 2 N–H and O–H groups in total. The van der Waals surface area contributed by atoms with Crippen molar-refractivity contribution in [3.05, 3.63) is 0 Å². The van der Waals surface area contributed by atoms with Crippen molar-refractivity contribution < 1.29 is 9.59 Å². The number of hydrogen-bond donors (Lipinski definition) is 2. The summed E-state index contributed by atoms with van der Waals surface area (Å²) in [6.45, 7) is 4.28. The van der Waals surface area contributed by atoms with Crippen LogP contribution in [0.4, 0.5) is 0 Å². The van der Waals surface area contributed by atoms with Crippen LogP contribution < -0.4 is 10.6 Å². The Morgan fingerprint density at radius 3 is 2.88 bits per heavy atom. The molecule has 0 radical (unpaired) electrons. The van der Waals surface area contributed by atoms with Crippen LogP contribution in [0.2, 0.25) is 0 Å². The summed E-state index contributed by atoms with van der Waals surface area (Å²) in [6.07, 6.45) is 2.95. The topological polar surface area (TPSA) is 61.4 Å². The van der Waals surface area contributed by atoms with E-state index in [-0.39, 0.29) is 17.9 Å². The van der Waals surface area contributed by atoms with E-state index < -0.39 is 0 Å². The van der Waals surface area contributed by atoms with Crippen molar-refractivity contribution in [3.63, 3.8) is 0 Å². The quantitative estimate of drug-likeness (QED) is 0.621. The van der Waals surface area contributed by atoms with Crippen molar-refractivity contribution in [2.75, 3.05) is 19.6 Å². The molecule has 2 fully saturated rings. The number of nitrogens with one attached hydrogen (secondary N) is 2. The monoisotopic (exact) mass is 225 g/mol. The van der Waals surface area contributed by atoms with Gasteiger partial charge in [0.1, 0.15) is 0 Å². The number of rotatable bonds is 2. The number of piperazine rings is 1. The smallest absolute Gasteiger partial charge is 0.243 e. The maximum absolute atomic E-state index is 11.7. The highest BCUT2D eigenvalue weighted by Gasteiger charge is 2.36. The molecule has 2 atom stereocenters. The van der Waals surface area contributed by atoms with E-state index in [4.69, 9.17) is 0 Å². The van der Waals surface area contributed by atoms with Crippen molar-refractivity contribution in [1.82, 2.24) is 15.5 Å². The van der Waals surface area contributed by atoms with E-state index in [0.717, 1.165) is 32.4 Å². The summed E-state index contributed by atoms with van der Waals surface area (Å²) >= 11 is 0. The molecule has 5 nitrogen and oxygen atoms in total. The second-order valence-corrected chi connectivity index (χ2v) is 4.51. The molecular formula is C11H19N3O2. The zero-order chi connectivity index (χ0) is 11.5. The predicted octanol–water partition coefficient (Wildman–Crippen LogP) is -0.525. The zero-order valence-electron chi connectivity index (χ0n) is 9.66. The minimum absolute atomic E-state index is 0.135. The van der Waals surface area contributed by atoms with Gasteiger partial charge >= 0.3 is 0 Å². The zero-order valence-corrected chi connectivity index (χ0v) is 9.66. The highest BCUT2D eigenvalue weighted by atomic mass is 16.2. The number of nitrogens with zero attached hydrogens (tertiary/aromatic N) is 1. The molecule has 90 valence electrons. The Bertz CT molecular complexity index is 287. The van der Waals surface area contributed by atoms with E-state index in [2.05, 4.69) is 15.5 Å². The van der Waals surface area contributed by atoms with Crippen LogP contribution in [0.15, 0.2) is 0 Å². The van der Waals surface area contributed by atoms with Gasteiger partial charge in [0.15, 0.2) is 0 Å². The van der Waals surface area contributed by atoms with Gasteiger partial charge in [-0.1, -0.05) is 6.92 Å². The molecule has 0 spiro atoms. The number of hydrogen-bond acceptors (Lipinski definition) is 4. The second kappa shape index (κ2) is 4.93. The van der Waals surface area contributed by atoms with Gasteiger partial charge < -0.3 is 5.32 Å². The van der Waals surface area contributed by atoms with Gasteiger partial charge in [0, 0.05) is 12.6 Å². The Kier molecular flexibility index (Phi) is 3.56.